The van der Waals surface area contributed by atoms with Crippen molar-refractivity contribution in [1.82, 2.24) is 14.8 Å². The zero-order chi connectivity index (χ0) is 21.1. The third-order valence-electron chi connectivity index (χ3n) is 4.55. The highest BCUT2D eigenvalue weighted by molar-refractivity contribution is 6.30. The molecular weight excluding hydrogens is 400 g/mol. The number of halogens is 1. The van der Waals surface area contributed by atoms with Gasteiger partial charge in [0.25, 0.3) is 5.91 Å². The number of amides is 1. The molecule has 4 rings (SSSR count). The van der Waals surface area contributed by atoms with Crippen molar-refractivity contribution in [1.29, 1.82) is 0 Å². The molecule has 4 aromatic rings. The van der Waals surface area contributed by atoms with E-state index in [1.807, 2.05) is 55.5 Å². The molecule has 0 bridgehead atoms. The van der Waals surface area contributed by atoms with Gasteiger partial charge in [-0.3, -0.25) is 4.79 Å². The van der Waals surface area contributed by atoms with Gasteiger partial charge in [-0.15, -0.1) is 5.10 Å². The molecule has 0 atom stereocenters. The summed E-state index contributed by atoms with van der Waals surface area (Å²) in [6.07, 6.45) is 0. The van der Waals surface area contributed by atoms with Crippen LogP contribution in [0, 0.1) is 6.92 Å². The number of aromatic nitrogens is 3. The predicted octanol–water partition coefficient (Wildman–Crippen LogP) is 5.16. The molecule has 1 amide bonds. The minimum atomic E-state index is -0.430. The van der Waals surface area contributed by atoms with Crippen LogP contribution in [0.4, 0.5) is 5.69 Å². The number of ether oxygens (including phenoxy) is 1. The van der Waals surface area contributed by atoms with E-state index in [1.165, 1.54) is 0 Å². The number of aryl methyl sites for hydroxylation is 1. The molecule has 3 aromatic carbocycles. The van der Waals surface area contributed by atoms with Crippen molar-refractivity contribution in [3.8, 4) is 22.8 Å². The summed E-state index contributed by atoms with van der Waals surface area (Å²) in [5.74, 6) is 0.733. The Balaban J connectivity index is 1.75. The molecule has 30 heavy (non-hydrogen) atoms. The maximum Gasteiger partial charge on any atom is 0.295 e. The molecule has 1 N–H and O–H groups in total. The Morgan fingerprint density at radius 1 is 1.00 bits per heavy atom. The van der Waals surface area contributed by atoms with Gasteiger partial charge in [0.1, 0.15) is 5.75 Å². The Morgan fingerprint density at radius 3 is 2.40 bits per heavy atom. The molecule has 7 heteroatoms. The second kappa shape index (κ2) is 8.39. The fourth-order valence-corrected chi connectivity index (χ4v) is 3.11. The average Bonchev–Trinajstić information content (AvgIpc) is 3.21. The number of rotatable bonds is 5. The first-order chi connectivity index (χ1) is 14.5. The molecule has 0 aliphatic heterocycles. The molecule has 0 fully saturated rings. The van der Waals surface area contributed by atoms with Crippen LogP contribution in [0.5, 0.6) is 5.75 Å². The third-order valence-corrected chi connectivity index (χ3v) is 4.80. The highest BCUT2D eigenvalue weighted by atomic mass is 35.5. The van der Waals surface area contributed by atoms with E-state index in [1.54, 1.807) is 36.1 Å². The second-order valence-corrected chi connectivity index (χ2v) is 7.10. The van der Waals surface area contributed by atoms with Crippen LogP contribution in [0.15, 0.2) is 72.8 Å². The first kappa shape index (κ1) is 19.7. The number of carbonyl (C=O) groups excluding carboxylic acids is 1. The maximum absolute atomic E-state index is 12.9. The largest absolute Gasteiger partial charge is 0.495 e. The highest BCUT2D eigenvalue weighted by Crippen LogP contribution is 2.25. The van der Waals surface area contributed by atoms with E-state index in [9.17, 15) is 4.79 Å². The minimum Gasteiger partial charge on any atom is -0.495 e. The number of nitrogens with one attached hydrogen (secondary N) is 1. The van der Waals surface area contributed by atoms with Gasteiger partial charge in [-0.1, -0.05) is 53.6 Å². The van der Waals surface area contributed by atoms with Gasteiger partial charge in [0, 0.05) is 10.6 Å². The van der Waals surface area contributed by atoms with Gasteiger partial charge in [0.05, 0.1) is 18.5 Å². The molecule has 0 aliphatic carbocycles. The summed E-state index contributed by atoms with van der Waals surface area (Å²) in [7, 11) is 1.55. The summed E-state index contributed by atoms with van der Waals surface area (Å²) in [4.78, 5) is 17.4. The summed E-state index contributed by atoms with van der Waals surface area (Å²) in [6, 6.07) is 22.3. The predicted molar refractivity (Wildman–Crippen MR) is 117 cm³/mol. The van der Waals surface area contributed by atoms with Crippen LogP contribution in [0.2, 0.25) is 5.02 Å². The van der Waals surface area contributed by atoms with Crippen molar-refractivity contribution in [2.75, 3.05) is 12.4 Å². The van der Waals surface area contributed by atoms with E-state index in [0.29, 0.717) is 22.3 Å². The van der Waals surface area contributed by atoms with Crippen LogP contribution in [0.3, 0.4) is 0 Å². The van der Waals surface area contributed by atoms with Crippen molar-refractivity contribution >= 4 is 23.2 Å². The quantitative estimate of drug-likeness (QED) is 0.486. The van der Waals surface area contributed by atoms with Crippen molar-refractivity contribution in [3.63, 3.8) is 0 Å². The molecular formula is C23H19ClN4O2. The van der Waals surface area contributed by atoms with Crippen LogP contribution in [-0.2, 0) is 0 Å². The zero-order valence-electron chi connectivity index (χ0n) is 16.5. The standard InChI is InChI=1S/C23H19ClN4O2/c1-15-7-9-16(10-8-15)22-26-21(27-28(22)18-13-11-17(24)12-14-18)23(29)25-19-5-3-4-6-20(19)30-2/h3-14H,1-2H3,(H,25,29). The SMILES string of the molecule is COc1ccccc1NC(=O)c1nc(-c2ccc(C)cc2)n(-c2ccc(Cl)cc2)n1. The number of nitrogens with zero attached hydrogens (tertiary/aromatic N) is 3. The van der Waals surface area contributed by atoms with E-state index in [4.69, 9.17) is 16.3 Å². The molecule has 0 radical (unpaired) electrons. The number of hydrogen-bond donors (Lipinski definition) is 1. The fourth-order valence-electron chi connectivity index (χ4n) is 2.99. The van der Waals surface area contributed by atoms with Crippen LogP contribution >= 0.6 is 11.6 Å². The van der Waals surface area contributed by atoms with Crippen molar-refractivity contribution in [3.05, 3.63) is 89.2 Å². The Hall–Kier alpha value is -3.64. The van der Waals surface area contributed by atoms with E-state index in [-0.39, 0.29) is 5.82 Å². The number of benzene rings is 3. The number of hydrogen-bond acceptors (Lipinski definition) is 4. The van der Waals surface area contributed by atoms with Gasteiger partial charge in [-0.05, 0) is 43.3 Å². The summed E-state index contributed by atoms with van der Waals surface area (Å²) in [5, 5.41) is 7.90. The summed E-state index contributed by atoms with van der Waals surface area (Å²) in [6.45, 7) is 2.01. The van der Waals surface area contributed by atoms with Crippen LogP contribution in [0.25, 0.3) is 17.1 Å². The maximum atomic E-state index is 12.9. The summed E-state index contributed by atoms with van der Waals surface area (Å²) >= 11 is 6.03. The summed E-state index contributed by atoms with van der Waals surface area (Å²) in [5.41, 5.74) is 3.27. The zero-order valence-corrected chi connectivity index (χ0v) is 17.2. The van der Waals surface area contributed by atoms with Gasteiger partial charge in [0.15, 0.2) is 5.82 Å². The van der Waals surface area contributed by atoms with Gasteiger partial charge >= 0.3 is 0 Å². The normalized spacial score (nSPS) is 10.6. The molecule has 0 aliphatic rings. The Bertz CT molecular complexity index is 1120. The van der Waals surface area contributed by atoms with Gasteiger partial charge in [0.2, 0.25) is 5.82 Å². The molecule has 6 nitrogen and oxygen atoms in total. The lowest BCUT2D eigenvalue weighted by Gasteiger charge is -2.08. The Kier molecular flexibility index (Phi) is 5.50. The molecule has 0 spiro atoms. The van der Waals surface area contributed by atoms with E-state index >= 15 is 0 Å². The highest BCUT2D eigenvalue weighted by Gasteiger charge is 2.20. The number of para-hydroxylation sites is 2. The van der Waals surface area contributed by atoms with Crippen molar-refractivity contribution < 1.29 is 9.53 Å². The van der Waals surface area contributed by atoms with E-state index in [0.717, 1.165) is 16.8 Å². The lowest BCUT2D eigenvalue weighted by molar-refractivity contribution is 0.101. The van der Waals surface area contributed by atoms with Crippen LogP contribution in [-0.4, -0.2) is 27.8 Å². The Labute approximate surface area is 179 Å². The minimum absolute atomic E-state index is 0.0476. The second-order valence-electron chi connectivity index (χ2n) is 6.67. The van der Waals surface area contributed by atoms with Gasteiger partial charge in [-0.2, -0.15) is 0 Å². The van der Waals surface area contributed by atoms with Gasteiger partial charge in [-0.25, -0.2) is 9.67 Å². The summed E-state index contributed by atoms with van der Waals surface area (Å²) < 4.78 is 6.94. The molecule has 150 valence electrons. The molecule has 0 saturated carbocycles. The van der Waals surface area contributed by atoms with Crippen molar-refractivity contribution in [2.24, 2.45) is 0 Å². The van der Waals surface area contributed by atoms with E-state index in [2.05, 4.69) is 15.4 Å². The monoisotopic (exact) mass is 418 g/mol. The van der Waals surface area contributed by atoms with E-state index < -0.39 is 5.91 Å². The van der Waals surface area contributed by atoms with Crippen LogP contribution < -0.4 is 10.1 Å². The fraction of sp³-hybridized carbons (Fsp3) is 0.0870. The average molecular weight is 419 g/mol. The molecule has 0 unspecified atom stereocenters. The smallest absolute Gasteiger partial charge is 0.295 e. The first-order valence-corrected chi connectivity index (χ1v) is 9.67. The third kappa shape index (κ3) is 4.04. The van der Waals surface area contributed by atoms with Crippen LogP contribution in [0.1, 0.15) is 16.2 Å². The molecule has 0 saturated heterocycles. The topological polar surface area (TPSA) is 69.0 Å². The lowest BCUT2D eigenvalue weighted by atomic mass is 10.1. The number of carbonyl (C=O) groups is 1. The van der Waals surface area contributed by atoms with Crippen molar-refractivity contribution in [2.45, 2.75) is 6.92 Å². The Morgan fingerprint density at radius 2 is 1.70 bits per heavy atom. The lowest BCUT2D eigenvalue weighted by Crippen LogP contribution is -2.14. The van der Waals surface area contributed by atoms with Gasteiger partial charge < -0.3 is 10.1 Å². The number of anilines is 1. The molecule has 1 heterocycles. The number of methoxy groups -OCH3 is 1. The molecule has 1 aromatic heterocycles. The first-order valence-electron chi connectivity index (χ1n) is 9.29.